The smallest absolute Gasteiger partial charge is 0.251 e. The summed E-state index contributed by atoms with van der Waals surface area (Å²) in [5.74, 6) is 6.01. The van der Waals surface area contributed by atoms with Crippen molar-refractivity contribution in [1.82, 2.24) is 9.97 Å². The van der Waals surface area contributed by atoms with Crippen molar-refractivity contribution in [2.24, 2.45) is 35.5 Å². The topological polar surface area (TPSA) is 25.8 Å². The van der Waals surface area contributed by atoms with Crippen molar-refractivity contribution in [3.8, 4) is 0 Å². The second-order valence-electron chi connectivity index (χ2n) is 21.4. The molecule has 6 heteroatoms. The molecule has 1 atom stereocenters. The monoisotopic (exact) mass is 872 g/mol. The molecule has 306 valence electrons. The molecule has 0 N–H and O–H groups in total. The average Bonchev–Trinajstić information content (AvgIpc) is 3.93. The minimum atomic E-state index is -1.65. The molecular weight excluding hydrogens is 810 g/mol. The number of rotatable bonds is 8. The summed E-state index contributed by atoms with van der Waals surface area (Å²) < 4.78 is 0. The standard InChI is InChI=1S/C48H57N2P2Si.C5H5.Fe/c1-53(2,3)40-22-39(30-52(46-24-31-16-32(25-46)18-33(17-31)26-46)47-27-34-19-35(28-47)21-36(20-34)29-47)41(23-40)48(51,44-14-12-37-8-4-6-10-42(37)49-44)45-15-13-38-9-5-7-11-43(38)50-45;1-2-4-5-3-1;/h4-15,22-23,31-36H,16-21,24-30,51H2,1-3H3;1-5H;/q2*-1;+2. The van der Waals surface area contributed by atoms with E-state index in [0.717, 1.165) is 57.9 Å². The predicted octanol–water partition coefficient (Wildman–Crippen LogP) is 13.5. The summed E-state index contributed by atoms with van der Waals surface area (Å²) in [6.07, 6.45) is 19.9. The van der Waals surface area contributed by atoms with E-state index in [1.165, 1.54) is 22.5 Å². The van der Waals surface area contributed by atoms with Gasteiger partial charge in [-0.1, -0.05) is 74.3 Å². The fourth-order valence-corrected chi connectivity index (χ4v) is 21.5. The fraction of sp³-hybridized carbons (Fsp3) is 0.472. The Morgan fingerprint density at radius 3 is 1.44 bits per heavy atom. The first kappa shape index (κ1) is 40.6. The minimum absolute atomic E-state index is 0. The maximum Gasteiger partial charge on any atom is 2.00 e. The molecule has 2 aromatic heterocycles. The Morgan fingerprint density at radius 1 is 0.627 bits per heavy atom. The third-order valence-electron chi connectivity index (χ3n) is 16.3. The van der Waals surface area contributed by atoms with Gasteiger partial charge in [0.2, 0.25) is 0 Å². The molecule has 2 heterocycles. The second-order valence-corrected chi connectivity index (χ2v) is 30.4. The van der Waals surface area contributed by atoms with Crippen LogP contribution in [0.2, 0.25) is 19.6 Å². The molecule has 1 unspecified atom stereocenters. The molecule has 59 heavy (non-hydrogen) atoms. The molecule has 0 amide bonds. The Bertz CT molecular complexity index is 2230. The zero-order valence-corrected chi connectivity index (χ0v) is 39.6. The first-order chi connectivity index (χ1) is 28.1. The van der Waals surface area contributed by atoms with Crippen LogP contribution in [0, 0.1) is 35.5 Å². The molecular formula is C53H62FeN2P2Si. The zero-order chi connectivity index (χ0) is 39.3. The van der Waals surface area contributed by atoms with Gasteiger partial charge < -0.3 is 0 Å². The number of benzene rings is 2. The maximum absolute atomic E-state index is 5.54. The van der Waals surface area contributed by atoms with Crippen molar-refractivity contribution < 1.29 is 17.1 Å². The fourth-order valence-electron chi connectivity index (χ4n) is 14.6. The molecule has 8 bridgehead atoms. The number of fused-ring (bicyclic) bond motifs is 2. The SMILES string of the molecule is C[Si](C)(C)c1cc(CP(C23CC4CC(CC(C4)C2)C3)C23CC4CC(CC(C4)C2)C3)c(C(P)(c2ccc3ccccc3n2)c2ccc3ccccc3n2)[cH-]1.[Fe+2].c1cc[cH-]c1. The van der Waals surface area contributed by atoms with Gasteiger partial charge >= 0.3 is 17.1 Å². The molecule has 6 aromatic rings. The van der Waals surface area contributed by atoms with Crippen LogP contribution >= 0.6 is 17.2 Å². The van der Waals surface area contributed by atoms with Crippen molar-refractivity contribution in [3.05, 3.63) is 138 Å². The number of nitrogens with zero attached hydrogens (tertiary/aromatic N) is 2. The number of aromatic nitrogens is 2. The van der Waals surface area contributed by atoms with Crippen LogP contribution in [0.4, 0.5) is 0 Å². The molecule has 8 fully saturated rings. The molecule has 0 spiro atoms. The summed E-state index contributed by atoms with van der Waals surface area (Å²) in [7, 11) is 1.59. The van der Waals surface area contributed by atoms with Crippen LogP contribution < -0.4 is 5.19 Å². The molecule has 0 radical (unpaired) electrons. The summed E-state index contributed by atoms with van der Waals surface area (Å²) in [4.78, 5) is 11.1. The number of hydrogen-bond acceptors (Lipinski definition) is 2. The third kappa shape index (κ3) is 7.22. The maximum atomic E-state index is 5.54. The van der Waals surface area contributed by atoms with Crippen LogP contribution in [0.3, 0.4) is 0 Å². The molecule has 8 saturated carbocycles. The Morgan fingerprint density at radius 2 is 1.05 bits per heavy atom. The van der Waals surface area contributed by atoms with Crippen molar-refractivity contribution >= 4 is 52.2 Å². The second kappa shape index (κ2) is 15.4. The van der Waals surface area contributed by atoms with E-state index in [1.807, 2.05) is 30.3 Å². The summed E-state index contributed by atoms with van der Waals surface area (Å²) in [6.45, 7) is 7.68. The van der Waals surface area contributed by atoms with E-state index in [2.05, 4.69) is 114 Å². The minimum Gasteiger partial charge on any atom is -0.251 e. The van der Waals surface area contributed by atoms with Gasteiger partial charge in [-0.3, -0.25) is 9.97 Å². The Kier molecular flexibility index (Phi) is 10.6. The summed E-state index contributed by atoms with van der Waals surface area (Å²) in [5, 5.41) is 4.65. The molecule has 0 aliphatic heterocycles. The van der Waals surface area contributed by atoms with Gasteiger partial charge in [0.05, 0.1) is 35.7 Å². The predicted molar refractivity (Wildman–Crippen MR) is 253 cm³/mol. The molecule has 4 aromatic carbocycles. The third-order valence-corrected chi connectivity index (χ3v) is 23.3. The number of hydrogen-bond donors (Lipinski definition) is 0. The van der Waals surface area contributed by atoms with Crippen LogP contribution in [0.15, 0.2) is 115 Å². The van der Waals surface area contributed by atoms with Crippen LogP contribution in [-0.2, 0) is 28.4 Å². The first-order valence-electron chi connectivity index (χ1n) is 22.8. The van der Waals surface area contributed by atoms with Gasteiger partial charge in [-0.05, 0) is 147 Å². The molecule has 8 aliphatic rings. The molecule has 8 aliphatic carbocycles. The summed E-state index contributed by atoms with van der Waals surface area (Å²) >= 11 is 0. The van der Waals surface area contributed by atoms with Crippen LogP contribution in [0.5, 0.6) is 0 Å². The van der Waals surface area contributed by atoms with Gasteiger partial charge in [0.25, 0.3) is 0 Å². The van der Waals surface area contributed by atoms with E-state index in [1.54, 1.807) is 87.8 Å². The van der Waals surface area contributed by atoms with E-state index in [4.69, 9.17) is 9.97 Å². The number of pyridine rings is 2. The van der Waals surface area contributed by atoms with Crippen molar-refractivity contribution in [2.45, 2.75) is 118 Å². The Labute approximate surface area is 368 Å². The molecule has 0 saturated heterocycles. The van der Waals surface area contributed by atoms with E-state index >= 15 is 0 Å². The first-order valence-corrected chi connectivity index (χ1v) is 28.4. The zero-order valence-electron chi connectivity index (χ0n) is 35.4. The van der Waals surface area contributed by atoms with Crippen molar-refractivity contribution in [2.75, 3.05) is 0 Å². The molecule has 14 rings (SSSR count). The van der Waals surface area contributed by atoms with Gasteiger partial charge in [-0.2, -0.15) is 35.0 Å². The van der Waals surface area contributed by atoms with E-state index in [0.29, 0.717) is 10.3 Å². The Hall–Kier alpha value is -2.44. The van der Waals surface area contributed by atoms with E-state index in [-0.39, 0.29) is 25.0 Å². The van der Waals surface area contributed by atoms with E-state index < -0.39 is 13.2 Å². The van der Waals surface area contributed by atoms with Gasteiger partial charge in [0.15, 0.2) is 0 Å². The normalized spacial score (nSPS) is 30.9. The van der Waals surface area contributed by atoms with Gasteiger partial charge in [-0.15, -0.1) is 22.7 Å². The van der Waals surface area contributed by atoms with Gasteiger partial charge in [-0.25, -0.2) is 18.2 Å². The largest absolute Gasteiger partial charge is 2.00 e. The van der Waals surface area contributed by atoms with Gasteiger partial charge in [0.1, 0.15) is 0 Å². The van der Waals surface area contributed by atoms with Crippen LogP contribution in [-0.4, -0.2) is 28.4 Å². The van der Waals surface area contributed by atoms with Gasteiger partial charge in [0, 0.05) is 10.8 Å². The summed E-state index contributed by atoms with van der Waals surface area (Å²) in [5.41, 5.74) is 7.48. The average molecular weight is 873 g/mol. The van der Waals surface area contributed by atoms with Crippen molar-refractivity contribution in [3.63, 3.8) is 0 Å². The van der Waals surface area contributed by atoms with Crippen LogP contribution in [0.25, 0.3) is 21.8 Å². The number of para-hydroxylation sites is 2. The Balaban J connectivity index is 0.000000655. The van der Waals surface area contributed by atoms with Crippen molar-refractivity contribution in [1.29, 1.82) is 0 Å². The van der Waals surface area contributed by atoms with E-state index in [9.17, 15) is 0 Å². The van der Waals surface area contributed by atoms with Crippen LogP contribution in [0.1, 0.15) is 99.6 Å². The molecule has 2 nitrogen and oxygen atoms in total. The summed E-state index contributed by atoms with van der Waals surface area (Å²) in [6, 6.07) is 42.0. The quantitative estimate of drug-likeness (QED) is 0.0865.